The van der Waals surface area contributed by atoms with Crippen LogP contribution in [0, 0.1) is 5.41 Å². The van der Waals surface area contributed by atoms with Crippen molar-refractivity contribution in [1.29, 1.82) is 5.41 Å². The third-order valence-electron chi connectivity index (χ3n) is 5.46. The lowest BCUT2D eigenvalue weighted by atomic mass is 9.92. The van der Waals surface area contributed by atoms with E-state index in [0.29, 0.717) is 17.2 Å². The number of para-hydroxylation sites is 1. The molecular weight excluding hydrogens is 348 g/mol. The number of nitrogens with one attached hydrogen (secondary N) is 2. The molecule has 0 saturated heterocycles. The fraction of sp³-hybridized carbons (Fsp3) is 0.136. The molecule has 2 aromatic carbocycles. The van der Waals surface area contributed by atoms with Crippen LogP contribution in [0.4, 0.5) is 11.6 Å². The van der Waals surface area contributed by atoms with Crippen LogP contribution in [-0.4, -0.2) is 27.7 Å². The third-order valence-corrected chi connectivity index (χ3v) is 5.46. The molecule has 0 amide bonds. The van der Waals surface area contributed by atoms with Gasteiger partial charge in [0.1, 0.15) is 18.0 Å². The molecule has 0 spiro atoms. The second-order valence-corrected chi connectivity index (χ2v) is 6.96. The summed E-state index contributed by atoms with van der Waals surface area (Å²) < 4.78 is 0. The summed E-state index contributed by atoms with van der Waals surface area (Å²) >= 11 is 0. The summed E-state index contributed by atoms with van der Waals surface area (Å²) in [4.78, 5) is 14.4. The van der Waals surface area contributed by atoms with Gasteiger partial charge in [0.15, 0.2) is 0 Å². The maximum absolute atomic E-state index is 7.83. The van der Waals surface area contributed by atoms with Gasteiger partial charge in [0, 0.05) is 29.4 Å². The quantitative estimate of drug-likeness (QED) is 0.481. The number of fused-ring (bicyclic) bond motifs is 3. The Balaban J connectivity index is 1.75. The topological polar surface area (TPSA) is 94.7 Å². The van der Waals surface area contributed by atoms with Crippen molar-refractivity contribution in [2.75, 3.05) is 17.2 Å². The summed E-state index contributed by atoms with van der Waals surface area (Å²) in [5.74, 6) is 1.02. The van der Waals surface area contributed by atoms with Gasteiger partial charge in [0.2, 0.25) is 0 Å². The van der Waals surface area contributed by atoms with E-state index in [4.69, 9.17) is 11.1 Å². The fourth-order valence-electron chi connectivity index (χ4n) is 4.22. The first-order valence-corrected chi connectivity index (χ1v) is 9.30. The monoisotopic (exact) mass is 368 g/mol. The number of benzene rings is 2. The van der Waals surface area contributed by atoms with E-state index in [0.717, 1.165) is 18.5 Å². The molecule has 0 saturated carbocycles. The van der Waals surface area contributed by atoms with Crippen LogP contribution in [0.1, 0.15) is 28.4 Å². The molecular formula is C22H20N6. The third kappa shape index (κ3) is 2.45. The predicted molar refractivity (Wildman–Crippen MR) is 112 cm³/mol. The molecule has 138 valence electrons. The minimum Gasteiger partial charge on any atom is -0.383 e. The van der Waals surface area contributed by atoms with Crippen LogP contribution in [0.25, 0.3) is 10.9 Å². The van der Waals surface area contributed by atoms with Crippen LogP contribution in [0.15, 0.2) is 60.9 Å². The first kappa shape index (κ1) is 16.5. The van der Waals surface area contributed by atoms with Gasteiger partial charge in [0.05, 0.1) is 11.6 Å². The first-order valence-electron chi connectivity index (χ1n) is 9.30. The Labute approximate surface area is 162 Å². The average Bonchev–Trinajstić information content (AvgIpc) is 3.12. The highest BCUT2D eigenvalue weighted by molar-refractivity contribution is 5.91. The van der Waals surface area contributed by atoms with Crippen molar-refractivity contribution in [3.63, 3.8) is 0 Å². The van der Waals surface area contributed by atoms with E-state index in [1.807, 2.05) is 6.07 Å². The lowest BCUT2D eigenvalue weighted by molar-refractivity contribution is 0.635. The normalized spacial score (nSPS) is 16.1. The molecule has 0 radical (unpaired) electrons. The highest BCUT2D eigenvalue weighted by Crippen LogP contribution is 2.41. The fourth-order valence-corrected chi connectivity index (χ4v) is 4.22. The Hall–Kier alpha value is -3.67. The standard InChI is InChI=1S/C22H20N6/c23-12-17-21(24)25-13-26-22(17)28-11-10-16-15-8-4-5-9-18(15)27-19(16)20(28)14-6-2-1-3-7-14/h1-9,12-13,20,23,27H,10-11H2,(H2,24,25,26). The van der Waals surface area contributed by atoms with Crippen molar-refractivity contribution in [2.24, 2.45) is 0 Å². The van der Waals surface area contributed by atoms with Gasteiger partial charge >= 0.3 is 0 Å². The maximum Gasteiger partial charge on any atom is 0.143 e. The van der Waals surface area contributed by atoms with Crippen molar-refractivity contribution in [1.82, 2.24) is 15.0 Å². The molecule has 0 aliphatic carbocycles. The molecule has 3 heterocycles. The van der Waals surface area contributed by atoms with Crippen molar-refractivity contribution in [2.45, 2.75) is 12.5 Å². The van der Waals surface area contributed by atoms with Crippen LogP contribution in [0.3, 0.4) is 0 Å². The number of nitrogen functional groups attached to an aromatic ring is 1. The Morgan fingerprint density at radius 1 is 1.07 bits per heavy atom. The summed E-state index contributed by atoms with van der Waals surface area (Å²) in [6, 6.07) is 18.8. The van der Waals surface area contributed by atoms with E-state index >= 15 is 0 Å². The number of hydrogen-bond donors (Lipinski definition) is 3. The summed E-state index contributed by atoms with van der Waals surface area (Å²) in [7, 11) is 0. The molecule has 28 heavy (non-hydrogen) atoms. The Morgan fingerprint density at radius 2 is 1.86 bits per heavy atom. The number of H-pyrrole nitrogens is 1. The van der Waals surface area contributed by atoms with E-state index in [9.17, 15) is 0 Å². The Morgan fingerprint density at radius 3 is 2.68 bits per heavy atom. The van der Waals surface area contributed by atoms with E-state index in [1.165, 1.54) is 34.7 Å². The number of hydrogen-bond acceptors (Lipinski definition) is 5. The lowest BCUT2D eigenvalue weighted by Crippen LogP contribution is -2.37. The molecule has 1 aliphatic heterocycles. The summed E-state index contributed by atoms with van der Waals surface area (Å²) in [6.45, 7) is 0.783. The van der Waals surface area contributed by atoms with Crippen LogP contribution in [-0.2, 0) is 6.42 Å². The molecule has 5 rings (SSSR count). The van der Waals surface area contributed by atoms with Crippen LogP contribution < -0.4 is 10.6 Å². The number of aromatic nitrogens is 3. The largest absolute Gasteiger partial charge is 0.383 e. The smallest absolute Gasteiger partial charge is 0.143 e. The molecule has 1 unspecified atom stereocenters. The molecule has 4 aromatic rings. The number of nitrogens with two attached hydrogens (primary N) is 1. The zero-order valence-electron chi connectivity index (χ0n) is 15.3. The van der Waals surface area contributed by atoms with Crippen molar-refractivity contribution < 1.29 is 0 Å². The van der Waals surface area contributed by atoms with Crippen molar-refractivity contribution >= 4 is 28.8 Å². The first-order chi connectivity index (χ1) is 13.8. The van der Waals surface area contributed by atoms with Gasteiger partial charge in [-0.1, -0.05) is 48.5 Å². The van der Waals surface area contributed by atoms with Crippen LogP contribution in [0.2, 0.25) is 0 Å². The zero-order valence-corrected chi connectivity index (χ0v) is 15.3. The van der Waals surface area contributed by atoms with Gasteiger partial charge in [0.25, 0.3) is 0 Å². The van der Waals surface area contributed by atoms with Crippen molar-refractivity contribution in [3.8, 4) is 0 Å². The van der Waals surface area contributed by atoms with Gasteiger partial charge in [-0.2, -0.15) is 0 Å². The molecule has 1 aliphatic rings. The lowest BCUT2D eigenvalue weighted by Gasteiger charge is -2.37. The molecule has 0 fully saturated rings. The van der Waals surface area contributed by atoms with E-state index in [-0.39, 0.29) is 6.04 Å². The van der Waals surface area contributed by atoms with Crippen molar-refractivity contribution in [3.05, 3.63) is 83.3 Å². The second-order valence-electron chi connectivity index (χ2n) is 6.96. The molecule has 6 heteroatoms. The van der Waals surface area contributed by atoms with E-state index in [1.54, 1.807) is 0 Å². The Bertz CT molecular complexity index is 1160. The second kappa shape index (κ2) is 6.49. The minimum absolute atomic E-state index is 0.0367. The minimum atomic E-state index is -0.0367. The van der Waals surface area contributed by atoms with Gasteiger partial charge < -0.3 is 21.0 Å². The number of rotatable bonds is 3. The Kier molecular flexibility index (Phi) is 3.83. The summed E-state index contributed by atoms with van der Waals surface area (Å²) in [5.41, 5.74) is 11.4. The highest BCUT2D eigenvalue weighted by Gasteiger charge is 2.33. The molecule has 2 aromatic heterocycles. The maximum atomic E-state index is 7.83. The van der Waals surface area contributed by atoms with Gasteiger partial charge in [-0.25, -0.2) is 9.97 Å². The molecule has 0 bridgehead atoms. The summed E-state index contributed by atoms with van der Waals surface area (Å²) in [6.07, 6.45) is 3.61. The SMILES string of the molecule is N=Cc1c(N)ncnc1N1CCc2c([nH]c3ccccc23)C1c1ccccc1. The number of aromatic amines is 1. The average molecular weight is 368 g/mol. The van der Waals surface area contributed by atoms with Crippen LogP contribution >= 0.6 is 0 Å². The molecule has 6 nitrogen and oxygen atoms in total. The van der Waals surface area contributed by atoms with Gasteiger partial charge in [-0.15, -0.1) is 0 Å². The zero-order chi connectivity index (χ0) is 19.1. The molecule has 4 N–H and O–H groups in total. The number of anilines is 2. The van der Waals surface area contributed by atoms with Gasteiger partial charge in [-0.3, -0.25) is 0 Å². The predicted octanol–water partition coefficient (Wildman–Crippen LogP) is 3.69. The molecule has 1 atom stereocenters. The highest BCUT2D eigenvalue weighted by atomic mass is 15.2. The summed E-state index contributed by atoms with van der Waals surface area (Å²) in [5, 5.41) is 9.10. The van der Waals surface area contributed by atoms with Gasteiger partial charge in [-0.05, 0) is 23.6 Å². The van der Waals surface area contributed by atoms with E-state index in [2.05, 4.69) is 68.4 Å². The van der Waals surface area contributed by atoms with E-state index < -0.39 is 0 Å². The van der Waals surface area contributed by atoms with Crippen LogP contribution in [0.5, 0.6) is 0 Å². The number of nitrogens with zero attached hydrogens (tertiary/aromatic N) is 3.